The number of nitrogens with two attached hydrogens (primary N) is 1. The Morgan fingerprint density at radius 1 is 1.14 bits per heavy atom. The second kappa shape index (κ2) is 6.66. The maximum Gasteiger partial charge on any atom is 0.319 e. The SMILES string of the molecule is C[C@@]1(CO)[C@H](O)CC[C@@]2(C)[C@H]1CC[C@H]1C[C@H]3C[C@@]12CC[C@]3(O)COC(=O)CN. The van der Waals surface area contributed by atoms with Gasteiger partial charge in [-0.3, -0.25) is 4.79 Å². The summed E-state index contributed by atoms with van der Waals surface area (Å²) in [6.07, 6.45) is 6.91. The van der Waals surface area contributed by atoms with Crippen molar-refractivity contribution in [2.45, 2.75) is 76.9 Å². The molecule has 28 heavy (non-hydrogen) atoms. The largest absolute Gasteiger partial charge is 0.462 e. The Hall–Kier alpha value is -0.690. The second-order valence-corrected chi connectivity index (χ2v) is 10.7. The molecule has 4 rings (SSSR count). The second-order valence-electron chi connectivity index (χ2n) is 10.7. The fourth-order valence-corrected chi connectivity index (χ4v) is 8.18. The molecule has 0 aromatic heterocycles. The van der Waals surface area contributed by atoms with Crippen LogP contribution in [0.15, 0.2) is 0 Å². The third-order valence-electron chi connectivity index (χ3n) is 9.92. The Kier molecular flexibility index (Phi) is 4.89. The van der Waals surface area contributed by atoms with Gasteiger partial charge in [-0.25, -0.2) is 0 Å². The van der Waals surface area contributed by atoms with Crippen LogP contribution in [0.2, 0.25) is 0 Å². The molecular formula is C22H37NO5. The van der Waals surface area contributed by atoms with Crippen molar-refractivity contribution in [2.75, 3.05) is 19.8 Å². The van der Waals surface area contributed by atoms with E-state index in [-0.39, 0.29) is 36.5 Å². The molecule has 5 N–H and O–H groups in total. The van der Waals surface area contributed by atoms with E-state index >= 15 is 0 Å². The van der Waals surface area contributed by atoms with Gasteiger partial charge in [0.05, 0.1) is 19.3 Å². The van der Waals surface area contributed by atoms with E-state index in [0.29, 0.717) is 18.3 Å². The van der Waals surface area contributed by atoms with Crippen molar-refractivity contribution in [3.8, 4) is 0 Å². The first kappa shape index (κ1) is 20.6. The molecule has 6 heteroatoms. The van der Waals surface area contributed by atoms with Crippen molar-refractivity contribution in [1.29, 1.82) is 0 Å². The Morgan fingerprint density at radius 3 is 2.57 bits per heavy atom. The van der Waals surface area contributed by atoms with Gasteiger partial charge >= 0.3 is 5.97 Å². The van der Waals surface area contributed by atoms with Crippen LogP contribution in [0, 0.1) is 34.0 Å². The maximum absolute atomic E-state index is 11.5. The molecule has 0 aromatic carbocycles. The fourth-order valence-electron chi connectivity index (χ4n) is 8.18. The lowest BCUT2D eigenvalue weighted by Gasteiger charge is -2.66. The monoisotopic (exact) mass is 395 g/mol. The van der Waals surface area contributed by atoms with Gasteiger partial charge in [0.1, 0.15) is 12.2 Å². The van der Waals surface area contributed by atoms with E-state index in [1.54, 1.807) is 0 Å². The third-order valence-corrected chi connectivity index (χ3v) is 9.92. The zero-order chi connectivity index (χ0) is 20.4. The van der Waals surface area contributed by atoms with Gasteiger partial charge in [-0.2, -0.15) is 0 Å². The van der Waals surface area contributed by atoms with Gasteiger partial charge in [0.2, 0.25) is 0 Å². The standard InChI is InChI=1S/C22H37NO5/c1-19(12-24)16-4-3-14-9-15-10-21(14,20(16,2)6-5-17(19)25)7-8-22(15,27)13-28-18(26)11-23/h14-17,24-25,27H,3-13,23H2,1-2H3/t14-,15-,16-,17+,19-,20-,21-,22-/m0/s1. The number of aliphatic hydroxyl groups excluding tert-OH is 2. The van der Waals surface area contributed by atoms with Gasteiger partial charge < -0.3 is 25.8 Å². The Bertz CT molecular complexity index is 642. The average Bonchev–Trinajstić information content (AvgIpc) is 3.04. The molecule has 0 aromatic rings. The minimum atomic E-state index is -0.951. The van der Waals surface area contributed by atoms with Gasteiger partial charge in [-0.15, -0.1) is 0 Å². The third kappa shape index (κ3) is 2.57. The number of esters is 1. The van der Waals surface area contributed by atoms with E-state index in [2.05, 4.69) is 13.8 Å². The van der Waals surface area contributed by atoms with E-state index in [1.165, 1.54) is 0 Å². The molecule has 4 saturated carbocycles. The highest BCUT2D eigenvalue weighted by Crippen LogP contribution is 2.75. The number of aliphatic hydroxyl groups is 3. The Labute approximate surface area is 167 Å². The van der Waals surface area contributed by atoms with E-state index in [0.717, 1.165) is 44.9 Å². The molecule has 0 unspecified atom stereocenters. The highest BCUT2D eigenvalue weighted by Gasteiger charge is 2.70. The number of carbonyl (C=O) groups excluding carboxylic acids is 1. The summed E-state index contributed by atoms with van der Waals surface area (Å²) in [6.45, 7) is 4.37. The molecule has 6 nitrogen and oxygen atoms in total. The summed E-state index contributed by atoms with van der Waals surface area (Å²) in [7, 11) is 0. The quantitative estimate of drug-likeness (QED) is 0.538. The maximum atomic E-state index is 11.5. The number of carbonyl (C=O) groups is 1. The summed E-state index contributed by atoms with van der Waals surface area (Å²) in [6, 6.07) is 0. The topological polar surface area (TPSA) is 113 Å². The normalized spacial score (nSPS) is 52.6. The molecule has 1 spiro atoms. The molecule has 0 heterocycles. The van der Waals surface area contributed by atoms with Gasteiger partial charge in [0.15, 0.2) is 0 Å². The van der Waals surface area contributed by atoms with E-state index in [1.807, 2.05) is 0 Å². The molecule has 160 valence electrons. The Morgan fingerprint density at radius 2 is 1.89 bits per heavy atom. The molecule has 4 aliphatic rings. The minimum Gasteiger partial charge on any atom is -0.462 e. The van der Waals surface area contributed by atoms with Crippen molar-refractivity contribution in [3.05, 3.63) is 0 Å². The van der Waals surface area contributed by atoms with Gasteiger partial charge in [0.25, 0.3) is 0 Å². The molecule has 0 radical (unpaired) electrons. The van der Waals surface area contributed by atoms with Crippen LogP contribution < -0.4 is 5.73 Å². The summed E-state index contributed by atoms with van der Waals surface area (Å²) in [5.74, 6) is 0.539. The van der Waals surface area contributed by atoms with E-state index in [4.69, 9.17) is 10.5 Å². The van der Waals surface area contributed by atoms with E-state index in [9.17, 15) is 20.1 Å². The van der Waals surface area contributed by atoms with Crippen molar-refractivity contribution < 1.29 is 24.9 Å². The summed E-state index contributed by atoms with van der Waals surface area (Å²) in [5.41, 5.74) is 4.16. The van der Waals surface area contributed by atoms with Crippen molar-refractivity contribution >= 4 is 5.97 Å². The first-order valence-corrected chi connectivity index (χ1v) is 11.0. The van der Waals surface area contributed by atoms with Crippen LogP contribution in [-0.4, -0.2) is 52.8 Å². The molecule has 0 saturated heterocycles. The summed E-state index contributed by atoms with van der Waals surface area (Å²) in [5, 5.41) is 32.2. The van der Waals surface area contributed by atoms with Crippen LogP contribution in [0.3, 0.4) is 0 Å². The Balaban J connectivity index is 1.62. The molecule has 4 aliphatic carbocycles. The van der Waals surface area contributed by atoms with Crippen molar-refractivity contribution in [3.63, 3.8) is 0 Å². The number of hydrogen-bond donors (Lipinski definition) is 4. The lowest BCUT2D eigenvalue weighted by atomic mass is 9.39. The zero-order valence-electron chi connectivity index (χ0n) is 17.3. The van der Waals surface area contributed by atoms with Crippen molar-refractivity contribution in [1.82, 2.24) is 0 Å². The molecule has 0 amide bonds. The molecule has 4 fully saturated rings. The highest BCUT2D eigenvalue weighted by molar-refractivity contribution is 5.71. The lowest BCUT2D eigenvalue weighted by Crippen LogP contribution is -2.63. The van der Waals surface area contributed by atoms with Gasteiger partial charge in [0, 0.05) is 5.41 Å². The van der Waals surface area contributed by atoms with Crippen LogP contribution in [0.5, 0.6) is 0 Å². The van der Waals surface area contributed by atoms with Crippen LogP contribution in [0.25, 0.3) is 0 Å². The van der Waals surface area contributed by atoms with Gasteiger partial charge in [-0.1, -0.05) is 13.8 Å². The minimum absolute atomic E-state index is 0.0254. The van der Waals surface area contributed by atoms with Crippen LogP contribution in [0.4, 0.5) is 0 Å². The fraction of sp³-hybridized carbons (Fsp3) is 0.955. The first-order valence-electron chi connectivity index (χ1n) is 11.0. The average molecular weight is 396 g/mol. The number of rotatable bonds is 4. The smallest absolute Gasteiger partial charge is 0.319 e. The molecular weight excluding hydrogens is 358 g/mol. The number of hydrogen-bond acceptors (Lipinski definition) is 6. The van der Waals surface area contributed by atoms with Crippen LogP contribution in [0.1, 0.15) is 65.2 Å². The summed E-state index contributed by atoms with van der Waals surface area (Å²) in [4.78, 5) is 11.5. The molecule has 0 aliphatic heterocycles. The summed E-state index contributed by atoms with van der Waals surface area (Å²) >= 11 is 0. The predicted molar refractivity (Wildman–Crippen MR) is 104 cm³/mol. The number of ether oxygens (including phenoxy) is 1. The molecule has 2 bridgehead atoms. The first-order chi connectivity index (χ1) is 13.1. The summed E-state index contributed by atoms with van der Waals surface area (Å²) < 4.78 is 5.25. The van der Waals surface area contributed by atoms with E-state index < -0.39 is 23.1 Å². The van der Waals surface area contributed by atoms with Crippen molar-refractivity contribution in [2.24, 2.45) is 39.7 Å². The lowest BCUT2D eigenvalue weighted by molar-refractivity contribution is -0.217. The highest BCUT2D eigenvalue weighted by atomic mass is 16.5. The van der Waals surface area contributed by atoms with Crippen LogP contribution >= 0.6 is 0 Å². The zero-order valence-corrected chi connectivity index (χ0v) is 17.3. The number of fused-ring (bicyclic) bond motifs is 2. The predicted octanol–water partition coefficient (Wildman–Crippen LogP) is 1.60. The van der Waals surface area contributed by atoms with Gasteiger partial charge in [-0.05, 0) is 80.0 Å². The molecule has 8 atom stereocenters. The van der Waals surface area contributed by atoms with Crippen LogP contribution in [-0.2, 0) is 9.53 Å².